The summed E-state index contributed by atoms with van der Waals surface area (Å²) in [6.07, 6.45) is 0.148. The first-order valence-corrected chi connectivity index (χ1v) is 7.12. The zero-order chi connectivity index (χ0) is 15.8. The molecular formula is C15H20ClN3O2. The van der Waals surface area contributed by atoms with Crippen LogP contribution in [-0.4, -0.2) is 24.1 Å². The van der Waals surface area contributed by atoms with E-state index in [0.717, 1.165) is 0 Å². The predicted molar refractivity (Wildman–Crippen MR) is 84.5 cm³/mol. The van der Waals surface area contributed by atoms with Crippen molar-refractivity contribution in [1.82, 2.24) is 10.7 Å². The van der Waals surface area contributed by atoms with Gasteiger partial charge in [0.25, 0.3) is 5.91 Å². The lowest BCUT2D eigenvalue weighted by atomic mass is 10.2. The molecular weight excluding hydrogens is 290 g/mol. The molecule has 0 radical (unpaired) electrons. The van der Waals surface area contributed by atoms with Crippen LogP contribution in [0.2, 0.25) is 5.02 Å². The van der Waals surface area contributed by atoms with Crippen LogP contribution in [-0.2, 0) is 4.79 Å². The Morgan fingerprint density at radius 1 is 1.29 bits per heavy atom. The van der Waals surface area contributed by atoms with Crippen LogP contribution >= 0.6 is 11.6 Å². The highest BCUT2D eigenvalue weighted by atomic mass is 35.5. The van der Waals surface area contributed by atoms with E-state index < -0.39 is 5.91 Å². The van der Waals surface area contributed by atoms with Crippen molar-refractivity contribution >= 4 is 29.1 Å². The highest BCUT2D eigenvalue weighted by Crippen LogP contribution is 2.14. The van der Waals surface area contributed by atoms with Gasteiger partial charge in [0, 0.05) is 12.3 Å². The second kappa shape index (κ2) is 8.42. The lowest BCUT2D eigenvalue weighted by molar-refractivity contribution is -0.120. The molecule has 0 aromatic heterocycles. The van der Waals surface area contributed by atoms with E-state index in [4.69, 9.17) is 11.6 Å². The largest absolute Gasteiger partial charge is 0.356 e. The first-order valence-electron chi connectivity index (χ1n) is 6.75. The van der Waals surface area contributed by atoms with Crippen molar-refractivity contribution in [3.8, 4) is 0 Å². The Hall–Kier alpha value is -1.88. The molecule has 0 aliphatic heterocycles. The van der Waals surface area contributed by atoms with Gasteiger partial charge in [-0.05, 0) is 25.0 Å². The van der Waals surface area contributed by atoms with Crippen LogP contribution in [0.15, 0.2) is 29.4 Å². The molecule has 21 heavy (non-hydrogen) atoms. The number of carbonyl (C=O) groups is 2. The molecule has 114 valence electrons. The maximum atomic E-state index is 11.9. The average molecular weight is 310 g/mol. The van der Waals surface area contributed by atoms with E-state index in [1.54, 1.807) is 31.2 Å². The van der Waals surface area contributed by atoms with Gasteiger partial charge in [-0.15, -0.1) is 0 Å². The zero-order valence-corrected chi connectivity index (χ0v) is 13.2. The van der Waals surface area contributed by atoms with Crippen molar-refractivity contribution in [2.75, 3.05) is 6.54 Å². The summed E-state index contributed by atoms with van der Waals surface area (Å²) in [5.41, 5.74) is 3.27. The maximum absolute atomic E-state index is 11.9. The minimum absolute atomic E-state index is 0.114. The number of rotatable bonds is 6. The first kappa shape index (κ1) is 17.2. The van der Waals surface area contributed by atoms with Gasteiger partial charge in [-0.3, -0.25) is 9.59 Å². The predicted octanol–water partition coefficient (Wildman–Crippen LogP) is 2.61. The minimum Gasteiger partial charge on any atom is -0.356 e. The van der Waals surface area contributed by atoms with Crippen molar-refractivity contribution in [3.63, 3.8) is 0 Å². The first-order chi connectivity index (χ1) is 9.90. The molecule has 0 heterocycles. The SMILES string of the molecule is CC(CC(=O)NCC(C)C)=NNC(=O)c1ccccc1Cl. The van der Waals surface area contributed by atoms with E-state index in [1.807, 2.05) is 13.8 Å². The van der Waals surface area contributed by atoms with Crippen LogP contribution < -0.4 is 10.7 Å². The number of amides is 2. The van der Waals surface area contributed by atoms with Crippen LogP contribution in [0.1, 0.15) is 37.6 Å². The number of nitrogens with one attached hydrogen (secondary N) is 2. The quantitative estimate of drug-likeness (QED) is 0.626. The molecule has 1 rings (SSSR count). The molecule has 0 saturated heterocycles. The number of hydrazone groups is 1. The summed E-state index contributed by atoms with van der Waals surface area (Å²) in [4.78, 5) is 23.5. The lowest BCUT2D eigenvalue weighted by Crippen LogP contribution is -2.29. The monoisotopic (exact) mass is 309 g/mol. The highest BCUT2D eigenvalue weighted by Gasteiger charge is 2.09. The lowest BCUT2D eigenvalue weighted by Gasteiger charge is -2.07. The Morgan fingerprint density at radius 3 is 2.57 bits per heavy atom. The Bertz CT molecular complexity index is 541. The molecule has 0 fully saturated rings. The van der Waals surface area contributed by atoms with Crippen molar-refractivity contribution in [2.45, 2.75) is 27.2 Å². The van der Waals surface area contributed by atoms with Gasteiger partial charge in [0.15, 0.2) is 0 Å². The summed E-state index contributed by atoms with van der Waals surface area (Å²) in [7, 11) is 0. The van der Waals surface area contributed by atoms with Crippen molar-refractivity contribution < 1.29 is 9.59 Å². The van der Waals surface area contributed by atoms with Gasteiger partial charge in [-0.2, -0.15) is 5.10 Å². The van der Waals surface area contributed by atoms with E-state index >= 15 is 0 Å². The molecule has 0 spiro atoms. The topological polar surface area (TPSA) is 70.6 Å². The fraction of sp³-hybridized carbons (Fsp3) is 0.400. The Labute approximate surface area is 129 Å². The van der Waals surface area contributed by atoms with Gasteiger partial charge in [0.05, 0.1) is 17.0 Å². The van der Waals surface area contributed by atoms with Gasteiger partial charge in [-0.25, -0.2) is 5.43 Å². The highest BCUT2D eigenvalue weighted by molar-refractivity contribution is 6.33. The number of nitrogens with zero attached hydrogens (tertiary/aromatic N) is 1. The summed E-state index contributed by atoms with van der Waals surface area (Å²) in [6, 6.07) is 6.70. The second-order valence-electron chi connectivity index (χ2n) is 5.14. The van der Waals surface area contributed by atoms with E-state index in [1.165, 1.54) is 0 Å². The van der Waals surface area contributed by atoms with E-state index in [2.05, 4.69) is 15.8 Å². The number of halogens is 1. The third-order valence-corrected chi connectivity index (χ3v) is 2.92. The van der Waals surface area contributed by atoms with Gasteiger partial charge in [0.2, 0.25) is 5.91 Å². The number of benzene rings is 1. The number of hydrogen-bond acceptors (Lipinski definition) is 3. The Morgan fingerprint density at radius 2 is 1.95 bits per heavy atom. The number of carbonyl (C=O) groups excluding carboxylic acids is 2. The summed E-state index contributed by atoms with van der Waals surface area (Å²) in [5, 5.41) is 7.05. The van der Waals surface area contributed by atoms with Crippen LogP contribution in [0.3, 0.4) is 0 Å². The molecule has 6 heteroatoms. The minimum atomic E-state index is -0.400. The van der Waals surface area contributed by atoms with Crippen molar-refractivity contribution in [2.24, 2.45) is 11.0 Å². The summed E-state index contributed by atoms with van der Waals surface area (Å²) in [6.45, 7) is 6.34. The Balaban J connectivity index is 2.50. The van der Waals surface area contributed by atoms with Gasteiger partial charge < -0.3 is 5.32 Å². The van der Waals surface area contributed by atoms with E-state index in [9.17, 15) is 9.59 Å². The summed E-state index contributed by atoms with van der Waals surface area (Å²) < 4.78 is 0. The summed E-state index contributed by atoms with van der Waals surface area (Å²) >= 11 is 5.92. The normalized spacial score (nSPS) is 11.4. The standard InChI is InChI=1S/C15H20ClN3O2/c1-10(2)9-17-14(20)8-11(3)18-19-15(21)12-6-4-5-7-13(12)16/h4-7,10H,8-9H2,1-3H3,(H,17,20)(H,19,21). The fourth-order valence-corrected chi connectivity index (χ4v) is 1.73. The van der Waals surface area contributed by atoms with Crippen molar-refractivity contribution in [1.29, 1.82) is 0 Å². The van der Waals surface area contributed by atoms with E-state index in [0.29, 0.717) is 28.8 Å². The third kappa shape index (κ3) is 6.40. The molecule has 0 atom stereocenters. The number of hydrogen-bond donors (Lipinski definition) is 2. The molecule has 0 bridgehead atoms. The molecule has 5 nitrogen and oxygen atoms in total. The molecule has 0 unspecified atom stereocenters. The van der Waals surface area contributed by atoms with Gasteiger partial charge >= 0.3 is 0 Å². The molecule has 2 amide bonds. The van der Waals surface area contributed by atoms with Gasteiger partial charge in [-0.1, -0.05) is 37.6 Å². The van der Waals surface area contributed by atoms with Crippen LogP contribution in [0.4, 0.5) is 0 Å². The van der Waals surface area contributed by atoms with Gasteiger partial charge in [0.1, 0.15) is 0 Å². The Kier molecular flexibility index (Phi) is 6.88. The van der Waals surface area contributed by atoms with E-state index in [-0.39, 0.29) is 12.3 Å². The molecule has 0 aliphatic rings. The molecule has 1 aromatic rings. The fourth-order valence-electron chi connectivity index (χ4n) is 1.50. The molecule has 2 N–H and O–H groups in total. The molecule has 1 aromatic carbocycles. The third-order valence-electron chi connectivity index (χ3n) is 2.59. The molecule has 0 saturated carbocycles. The smallest absolute Gasteiger partial charge is 0.272 e. The van der Waals surface area contributed by atoms with Crippen LogP contribution in [0, 0.1) is 5.92 Å². The van der Waals surface area contributed by atoms with Crippen molar-refractivity contribution in [3.05, 3.63) is 34.9 Å². The maximum Gasteiger partial charge on any atom is 0.272 e. The second-order valence-corrected chi connectivity index (χ2v) is 5.55. The van der Waals surface area contributed by atoms with Crippen LogP contribution in [0.5, 0.6) is 0 Å². The zero-order valence-electron chi connectivity index (χ0n) is 12.4. The van der Waals surface area contributed by atoms with Crippen LogP contribution in [0.25, 0.3) is 0 Å². The average Bonchev–Trinajstić information content (AvgIpc) is 2.43. The summed E-state index contributed by atoms with van der Waals surface area (Å²) in [5.74, 6) is -0.120. The molecule has 0 aliphatic carbocycles.